The molecule has 182 valence electrons. The molecule has 14 heteroatoms. The lowest BCUT2D eigenvalue weighted by molar-refractivity contribution is -0.384. The number of halogens is 5. The zero-order valence-corrected chi connectivity index (χ0v) is 19.6. The number of nitrogens with one attached hydrogen (secondary N) is 1. The SMILES string of the molecule is O=[N+]([O-])c1ccc(COc2c(Cl)cc(/C=N\Nc3ccc(C(F)(F)F)cc3[N+](=O)[O-])cc2Br)cc1. The van der Waals surface area contributed by atoms with Gasteiger partial charge in [-0.3, -0.25) is 25.7 Å². The third-order valence-corrected chi connectivity index (χ3v) is 5.34. The van der Waals surface area contributed by atoms with Gasteiger partial charge in [0.05, 0.1) is 31.1 Å². The summed E-state index contributed by atoms with van der Waals surface area (Å²) in [4.78, 5) is 20.4. The first kappa shape index (κ1) is 25.9. The summed E-state index contributed by atoms with van der Waals surface area (Å²) >= 11 is 9.59. The number of hydrazone groups is 1. The highest BCUT2D eigenvalue weighted by molar-refractivity contribution is 9.10. The Morgan fingerprint density at radius 3 is 2.31 bits per heavy atom. The van der Waals surface area contributed by atoms with Crippen LogP contribution in [0, 0.1) is 20.2 Å². The number of benzene rings is 3. The average Bonchev–Trinajstić information content (AvgIpc) is 2.78. The number of nitrogens with zero attached hydrogens (tertiary/aromatic N) is 3. The predicted octanol–water partition coefficient (Wildman–Crippen LogP) is 6.96. The highest BCUT2D eigenvalue weighted by atomic mass is 79.9. The van der Waals surface area contributed by atoms with Crippen LogP contribution in [0.3, 0.4) is 0 Å². The number of hydrogen-bond donors (Lipinski definition) is 1. The first-order valence-electron chi connectivity index (χ1n) is 9.45. The number of anilines is 1. The number of alkyl halides is 3. The summed E-state index contributed by atoms with van der Waals surface area (Å²) < 4.78 is 44.6. The molecular formula is C21H13BrClF3N4O5. The highest BCUT2D eigenvalue weighted by Crippen LogP contribution is 2.36. The maximum Gasteiger partial charge on any atom is 0.416 e. The van der Waals surface area contributed by atoms with Crippen LogP contribution in [0.1, 0.15) is 16.7 Å². The quantitative estimate of drug-likeness (QED) is 0.177. The van der Waals surface area contributed by atoms with E-state index in [0.29, 0.717) is 33.5 Å². The second kappa shape index (κ2) is 10.7. The molecule has 9 nitrogen and oxygen atoms in total. The van der Waals surface area contributed by atoms with Crippen molar-refractivity contribution in [1.29, 1.82) is 0 Å². The van der Waals surface area contributed by atoms with Crippen LogP contribution in [-0.2, 0) is 12.8 Å². The molecule has 0 fully saturated rings. The minimum absolute atomic E-state index is 0.0492. The maximum atomic E-state index is 12.8. The van der Waals surface area contributed by atoms with E-state index in [0.717, 1.165) is 6.07 Å². The van der Waals surface area contributed by atoms with E-state index >= 15 is 0 Å². The first-order chi connectivity index (χ1) is 16.5. The number of nitro benzene ring substituents is 2. The highest BCUT2D eigenvalue weighted by Gasteiger charge is 2.33. The van der Waals surface area contributed by atoms with Crippen molar-refractivity contribution in [3.05, 3.63) is 101 Å². The van der Waals surface area contributed by atoms with Gasteiger partial charge in [0, 0.05) is 18.2 Å². The molecule has 0 spiro atoms. The molecule has 0 aliphatic heterocycles. The fourth-order valence-electron chi connectivity index (χ4n) is 2.79. The predicted molar refractivity (Wildman–Crippen MR) is 126 cm³/mol. The van der Waals surface area contributed by atoms with Gasteiger partial charge in [0.25, 0.3) is 11.4 Å². The van der Waals surface area contributed by atoms with E-state index < -0.39 is 27.3 Å². The van der Waals surface area contributed by atoms with E-state index in [9.17, 15) is 33.4 Å². The van der Waals surface area contributed by atoms with Crippen LogP contribution in [-0.4, -0.2) is 16.1 Å². The van der Waals surface area contributed by atoms with Gasteiger partial charge >= 0.3 is 6.18 Å². The third kappa shape index (κ3) is 6.67. The van der Waals surface area contributed by atoms with Crippen molar-refractivity contribution in [2.45, 2.75) is 12.8 Å². The average molecular weight is 574 g/mol. The van der Waals surface area contributed by atoms with Crippen molar-refractivity contribution in [1.82, 2.24) is 0 Å². The van der Waals surface area contributed by atoms with E-state index in [1.807, 2.05) is 0 Å². The molecule has 0 aromatic heterocycles. The summed E-state index contributed by atoms with van der Waals surface area (Å²) in [6.07, 6.45) is -3.46. The Morgan fingerprint density at radius 1 is 1.06 bits per heavy atom. The lowest BCUT2D eigenvalue weighted by Gasteiger charge is -2.11. The van der Waals surface area contributed by atoms with Gasteiger partial charge in [-0.15, -0.1) is 0 Å². The molecule has 0 heterocycles. The van der Waals surface area contributed by atoms with Crippen LogP contribution in [0.5, 0.6) is 5.75 Å². The molecule has 0 atom stereocenters. The smallest absolute Gasteiger partial charge is 0.416 e. The van der Waals surface area contributed by atoms with Crippen molar-refractivity contribution in [3.8, 4) is 5.75 Å². The van der Waals surface area contributed by atoms with Crippen molar-refractivity contribution >= 4 is 50.8 Å². The summed E-state index contributed by atoms with van der Waals surface area (Å²) in [5.41, 5.74) is 1.26. The molecule has 0 radical (unpaired) electrons. The number of non-ortho nitro benzene ring substituents is 1. The van der Waals surface area contributed by atoms with E-state index in [-0.39, 0.29) is 23.0 Å². The van der Waals surface area contributed by atoms with Crippen molar-refractivity contribution < 1.29 is 27.8 Å². The van der Waals surface area contributed by atoms with Gasteiger partial charge in [0.1, 0.15) is 12.3 Å². The summed E-state index contributed by atoms with van der Waals surface area (Å²) in [6, 6.07) is 10.9. The van der Waals surface area contributed by atoms with Crippen LogP contribution in [0.4, 0.5) is 30.2 Å². The minimum Gasteiger partial charge on any atom is -0.486 e. The van der Waals surface area contributed by atoms with Gasteiger partial charge in [-0.05, 0) is 63.5 Å². The van der Waals surface area contributed by atoms with Crippen molar-refractivity contribution in [2.24, 2.45) is 5.10 Å². The topological polar surface area (TPSA) is 120 Å². The molecule has 0 unspecified atom stereocenters. The lowest BCUT2D eigenvalue weighted by Crippen LogP contribution is -2.06. The van der Waals surface area contributed by atoms with E-state index in [4.69, 9.17) is 16.3 Å². The van der Waals surface area contributed by atoms with Gasteiger partial charge in [-0.1, -0.05) is 11.6 Å². The Morgan fingerprint density at radius 2 is 1.74 bits per heavy atom. The molecule has 3 aromatic rings. The number of hydrogen-bond acceptors (Lipinski definition) is 7. The Bertz CT molecular complexity index is 1280. The van der Waals surface area contributed by atoms with Gasteiger partial charge in [-0.2, -0.15) is 18.3 Å². The minimum atomic E-state index is -4.72. The summed E-state index contributed by atoms with van der Waals surface area (Å²) in [6.45, 7) is 0.0862. The molecule has 3 rings (SSSR count). The van der Waals surface area contributed by atoms with Gasteiger partial charge < -0.3 is 4.74 Å². The van der Waals surface area contributed by atoms with Crippen LogP contribution >= 0.6 is 27.5 Å². The van der Waals surface area contributed by atoms with E-state index in [1.165, 1.54) is 24.4 Å². The van der Waals surface area contributed by atoms with E-state index in [1.54, 1.807) is 18.2 Å². The Balaban J connectivity index is 1.71. The fraction of sp³-hybridized carbons (Fsp3) is 0.0952. The fourth-order valence-corrected chi connectivity index (χ4v) is 3.78. The summed E-state index contributed by atoms with van der Waals surface area (Å²) in [5.74, 6) is 0.300. The summed E-state index contributed by atoms with van der Waals surface area (Å²) in [7, 11) is 0. The molecule has 1 N–H and O–H groups in total. The largest absolute Gasteiger partial charge is 0.486 e. The molecule has 3 aromatic carbocycles. The zero-order valence-electron chi connectivity index (χ0n) is 17.3. The first-order valence-corrected chi connectivity index (χ1v) is 10.6. The molecule has 0 aliphatic rings. The number of rotatable bonds is 8. The standard InChI is InChI=1S/C21H13BrClF3N4O5/c22-16-7-13(8-17(23)20(16)35-11-12-1-4-15(5-2-12)29(31)32)10-27-28-18-6-3-14(21(24,25)26)9-19(18)30(33)34/h1-10,28H,11H2/b27-10-. The Kier molecular flexibility index (Phi) is 7.92. The molecule has 0 bridgehead atoms. The number of ether oxygens (including phenoxy) is 1. The molecule has 0 aliphatic carbocycles. The second-order valence-electron chi connectivity index (χ2n) is 6.88. The monoisotopic (exact) mass is 572 g/mol. The van der Waals surface area contributed by atoms with E-state index in [2.05, 4.69) is 26.5 Å². The molecule has 35 heavy (non-hydrogen) atoms. The van der Waals surface area contributed by atoms with Crippen LogP contribution in [0.2, 0.25) is 5.02 Å². The third-order valence-electron chi connectivity index (χ3n) is 4.47. The second-order valence-corrected chi connectivity index (χ2v) is 8.14. The number of nitro groups is 2. The Hall–Kier alpha value is -3.71. The van der Waals surface area contributed by atoms with Crippen LogP contribution in [0.25, 0.3) is 0 Å². The van der Waals surface area contributed by atoms with Gasteiger partial charge in [0.2, 0.25) is 0 Å². The lowest BCUT2D eigenvalue weighted by atomic mass is 10.1. The molecule has 0 saturated heterocycles. The Labute approximate surface area is 208 Å². The van der Waals surface area contributed by atoms with Crippen LogP contribution in [0.15, 0.2) is 64.2 Å². The zero-order chi connectivity index (χ0) is 25.8. The molecular weight excluding hydrogens is 561 g/mol. The molecule has 0 amide bonds. The summed E-state index contributed by atoms with van der Waals surface area (Å²) in [5, 5.41) is 25.9. The normalized spacial score (nSPS) is 11.5. The molecule has 0 saturated carbocycles. The van der Waals surface area contributed by atoms with Gasteiger partial charge in [-0.25, -0.2) is 0 Å². The van der Waals surface area contributed by atoms with Crippen molar-refractivity contribution in [3.63, 3.8) is 0 Å². The van der Waals surface area contributed by atoms with Crippen LogP contribution < -0.4 is 10.2 Å². The maximum absolute atomic E-state index is 12.8. The van der Waals surface area contributed by atoms with Gasteiger partial charge in [0.15, 0.2) is 5.75 Å². The van der Waals surface area contributed by atoms with Crippen molar-refractivity contribution in [2.75, 3.05) is 5.43 Å².